The number of carboxylic acids is 2. The fraction of sp³-hybridized carbons (Fsp3) is 0.727. The lowest BCUT2D eigenvalue weighted by Crippen LogP contribution is -2.51. The third-order valence-corrected chi connectivity index (χ3v) is 4.20. The lowest BCUT2D eigenvalue weighted by atomic mass is 9.63. The Morgan fingerprint density at radius 3 is 1.94 bits per heavy atom. The molecule has 0 unspecified atom stereocenters. The van der Waals surface area contributed by atoms with Crippen molar-refractivity contribution in [3.8, 4) is 0 Å². The molecule has 1 saturated carbocycles. The van der Waals surface area contributed by atoms with Gasteiger partial charge < -0.3 is 19.8 Å². The third kappa shape index (κ3) is 1.50. The maximum Gasteiger partial charge on any atom is 0.184 e. The van der Waals surface area contributed by atoms with Gasteiger partial charge in [0.15, 0.2) is 5.78 Å². The predicted molar refractivity (Wildman–Crippen MR) is 49.6 cm³/mol. The van der Waals surface area contributed by atoms with Crippen LogP contribution in [0.5, 0.6) is 0 Å². The van der Waals surface area contributed by atoms with Crippen molar-refractivity contribution in [3.05, 3.63) is 0 Å². The van der Waals surface area contributed by atoms with Crippen LogP contribution in [0.4, 0.5) is 0 Å². The first-order valence-corrected chi connectivity index (χ1v) is 5.11. The highest BCUT2D eigenvalue weighted by molar-refractivity contribution is 6.34. The van der Waals surface area contributed by atoms with E-state index < -0.39 is 34.5 Å². The lowest BCUT2D eigenvalue weighted by Gasteiger charge is -2.41. The number of Topliss-reactive ketones (excluding diaryl/α,β-unsaturated/α-hetero) is 1. The number of aliphatic carboxylic acids is 2. The van der Waals surface area contributed by atoms with Crippen LogP contribution in [0.2, 0.25) is 0 Å². The number of ketones is 1. The Morgan fingerprint density at radius 1 is 1.12 bits per heavy atom. The van der Waals surface area contributed by atoms with Crippen LogP contribution in [-0.2, 0) is 14.4 Å². The van der Waals surface area contributed by atoms with Gasteiger partial charge in [0.25, 0.3) is 0 Å². The van der Waals surface area contributed by atoms with E-state index in [0.29, 0.717) is 0 Å². The zero-order valence-electron chi connectivity index (χ0n) is 9.53. The molecule has 1 fully saturated rings. The van der Waals surface area contributed by atoms with Crippen LogP contribution in [0, 0.1) is 16.7 Å². The normalized spacial score (nSPS) is 32.3. The summed E-state index contributed by atoms with van der Waals surface area (Å²) in [6, 6.07) is 0. The van der Waals surface area contributed by atoms with E-state index >= 15 is 0 Å². The Bertz CT molecular complexity index is 357. The van der Waals surface area contributed by atoms with Gasteiger partial charge in [0, 0.05) is 17.3 Å². The molecule has 16 heavy (non-hydrogen) atoms. The second-order valence-electron chi connectivity index (χ2n) is 5.08. The Labute approximate surface area is 93.5 Å². The molecular formula is C11H14O5-2. The van der Waals surface area contributed by atoms with Gasteiger partial charge in [-0.05, 0) is 18.3 Å². The predicted octanol–water partition coefficient (Wildman–Crippen LogP) is -1.50. The van der Waals surface area contributed by atoms with E-state index in [9.17, 15) is 24.6 Å². The molecule has 1 aliphatic rings. The van der Waals surface area contributed by atoms with E-state index in [1.165, 1.54) is 6.92 Å². The Kier molecular flexibility index (Phi) is 2.83. The van der Waals surface area contributed by atoms with Gasteiger partial charge in [-0.3, -0.25) is 4.79 Å². The summed E-state index contributed by atoms with van der Waals surface area (Å²) < 4.78 is 0. The van der Waals surface area contributed by atoms with Crippen molar-refractivity contribution in [1.29, 1.82) is 0 Å². The highest BCUT2D eigenvalue weighted by atomic mass is 16.4. The quantitative estimate of drug-likeness (QED) is 0.545. The molecule has 0 aromatic heterocycles. The van der Waals surface area contributed by atoms with Gasteiger partial charge in [0.2, 0.25) is 0 Å². The molecule has 0 heterocycles. The van der Waals surface area contributed by atoms with E-state index in [1.807, 2.05) is 0 Å². The maximum absolute atomic E-state index is 11.6. The number of hydrogen-bond acceptors (Lipinski definition) is 5. The van der Waals surface area contributed by atoms with Crippen molar-refractivity contribution in [2.24, 2.45) is 16.7 Å². The van der Waals surface area contributed by atoms with Gasteiger partial charge >= 0.3 is 0 Å². The van der Waals surface area contributed by atoms with E-state index in [2.05, 4.69) is 0 Å². The summed E-state index contributed by atoms with van der Waals surface area (Å²) in [5, 5.41) is 21.5. The number of carbonyl (C=O) groups is 3. The van der Waals surface area contributed by atoms with Crippen molar-refractivity contribution in [3.63, 3.8) is 0 Å². The first kappa shape index (κ1) is 12.7. The fourth-order valence-corrected chi connectivity index (χ4v) is 2.54. The molecule has 0 bridgehead atoms. The number of carbonyl (C=O) groups excluding carboxylic acids is 3. The largest absolute Gasteiger partial charge is 0.550 e. The molecule has 0 saturated heterocycles. The van der Waals surface area contributed by atoms with Crippen LogP contribution in [0.3, 0.4) is 0 Å². The zero-order valence-corrected chi connectivity index (χ0v) is 9.53. The summed E-state index contributed by atoms with van der Waals surface area (Å²) in [6.45, 7) is 4.65. The smallest absolute Gasteiger partial charge is 0.184 e. The number of carboxylic acid groups (broad SMARTS) is 2. The van der Waals surface area contributed by atoms with Crippen molar-refractivity contribution in [2.45, 2.75) is 33.6 Å². The summed E-state index contributed by atoms with van der Waals surface area (Å²) in [5.74, 6) is -4.82. The van der Waals surface area contributed by atoms with Gasteiger partial charge in [-0.25, -0.2) is 0 Å². The van der Waals surface area contributed by atoms with Crippen LogP contribution in [-0.4, -0.2) is 17.7 Å². The first-order valence-electron chi connectivity index (χ1n) is 5.11. The van der Waals surface area contributed by atoms with Gasteiger partial charge in [0.05, 0.1) is 0 Å². The second-order valence-corrected chi connectivity index (χ2v) is 5.08. The Morgan fingerprint density at radius 2 is 1.62 bits per heavy atom. The molecule has 0 spiro atoms. The average Bonchev–Trinajstić information content (AvgIpc) is 2.37. The summed E-state index contributed by atoms with van der Waals surface area (Å²) >= 11 is 0. The number of hydrogen-bond donors (Lipinski definition) is 0. The topological polar surface area (TPSA) is 97.3 Å². The average molecular weight is 226 g/mol. The molecular weight excluding hydrogens is 212 g/mol. The monoisotopic (exact) mass is 226 g/mol. The minimum Gasteiger partial charge on any atom is -0.550 e. The van der Waals surface area contributed by atoms with E-state index in [1.54, 1.807) is 13.8 Å². The molecule has 0 radical (unpaired) electrons. The molecule has 0 aromatic rings. The lowest BCUT2D eigenvalue weighted by molar-refractivity contribution is -0.315. The summed E-state index contributed by atoms with van der Waals surface area (Å²) in [6.07, 6.45) is 0.482. The molecule has 5 heteroatoms. The molecule has 2 atom stereocenters. The zero-order chi connectivity index (χ0) is 12.7. The maximum atomic E-state index is 11.6. The van der Waals surface area contributed by atoms with E-state index in [-0.39, 0.29) is 12.8 Å². The molecule has 1 rings (SSSR count). The summed E-state index contributed by atoms with van der Waals surface area (Å²) in [7, 11) is 0. The molecule has 0 amide bonds. The van der Waals surface area contributed by atoms with Gasteiger partial charge in [-0.2, -0.15) is 0 Å². The fourth-order valence-electron chi connectivity index (χ4n) is 2.54. The summed E-state index contributed by atoms with van der Waals surface area (Å²) in [4.78, 5) is 33.1. The SMILES string of the molecule is CC1(C)[C@@H](C(=O)[O-])CC[C@@]1(C)C(=O)C(=O)[O-]. The molecule has 1 aliphatic carbocycles. The van der Waals surface area contributed by atoms with Crippen LogP contribution in [0.15, 0.2) is 0 Å². The first-order chi connectivity index (χ1) is 7.14. The van der Waals surface area contributed by atoms with Crippen LogP contribution >= 0.6 is 0 Å². The minimum absolute atomic E-state index is 0.228. The van der Waals surface area contributed by atoms with Gasteiger partial charge in [-0.1, -0.05) is 20.8 Å². The van der Waals surface area contributed by atoms with Crippen LogP contribution < -0.4 is 10.2 Å². The van der Waals surface area contributed by atoms with Crippen LogP contribution in [0.25, 0.3) is 0 Å². The van der Waals surface area contributed by atoms with Crippen molar-refractivity contribution in [1.82, 2.24) is 0 Å². The third-order valence-electron chi connectivity index (χ3n) is 4.20. The Balaban J connectivity index is 3.14. The van der Waals surface area contributed by atoms with Crippen LogP contribution in [0.1, 0.15) is 33.6 Å². The van der Waals surface area contributed by atoms with E-state index in [0.717, 1.165) is 0 Å². The van der Waals surface area contributed by atoms with Gasteiger partial charge in [0.1, 0.15) is 5.97 Å². The molecule has 5 nitrogen and oxygen atoms in total. The summed E-state index contributed by atoms with van der Waals surface area (Å²) in [5.41, 5.74) is -2.14. The number of rotatable bonds is 3. The van der Waals surface area contributed by atoms with E-state index in [4.69, 9.17) is 0 Å². The van der Waals surface area contributed by atoms with Gasteiger partial charge in [-0.15, -0.1) is 0 Å². The van der Waals surface area contributed by atoms with Crippen molar-refractivity contribution < 1.29 is 24.6 Å². The molecule has 0 aliphatic heterocycles. The molecule has 0 N–H and O–H groups in total. The Hall–Kier alpha value is -1.39. The second kappa shape index (κ2) is 3.57. The van der Waals surface area contributed by atoms with Crippen molar-refractivity contribution >= 4 is 17.7 Å². The highest BCUT2D eigenvalue weighted by Crippen LogP contribution is 2.56. The standard InChI is InChI=1S/C11H16O5/c1-10(2)6(8(13)14)4-5-11(10,3)7(12)9(15)16/h6H,4-5H2,1-3H3,(H,13,14)(H,15,16)/p-2/t6-,11+/m1/s1. The molecule has 90 valence electrons. The van der Waals surface area contributed by atoms with Crippen molar-refractivity contribution in [2.75, 3.05) is 0 Å². The highest BCUT2D eigenvalue weighted by Gasteiger charge is 2.56. The molecule has 0 aromatic carbocycles. The minimum atomic E-state index is -1.76.